The van der Waals surface area contributed by atoms with Crippen molar-refractivity contribution in [3.05, 3.63) is 69.2 Å². The Kier molecular flexibility index (Phi) is 5.55. The van der Waals surface area contributed by atoms with Crippen LogP contribution in [-0.2, 0) is 23.9 Å². The van der Waals surface area contributed by atoms with Crippen LogP contribution in [0, 0.1) is 0 Å². The van der Waals surface area contributed by atoms with E-state index in [1.165, 1.54) is 12.1 Å². The molecule has 2 aromatic carbocycles. The Morgan fingerprint density at radius 3 is 2.26 bits per heavy atom. The highest BCUT2D eigenvalue weighted by Crippen LogP contribution is 2.29. The molecule has 122 valence electrons. The van der Waals surface area contributed by atoms with E-state index < -0.39 is 11.7 Å². The molecule has 0 spiro atoms. The zero-order valence-electron chi connectivity index (χ0n) is 11.8. The summed E-state index contributed by atoms with van der Waals surface area (Å²) < 4.78 is 37.9. The average Bonchev–Trinajstić information content (AvgIpc) is 2.48. The predicted octanol–water partition coefficient (Wildman–Crippen LogP) is 4.87. The molecule has 1 amide bonds. The number of hydrogen-bond acceptors (Lipinski definition) is 1. The van der Waals surface area contributed by atoms with Gasteiger partial charge in [-0.05, 0) is 35.4 Å². The molecule has 2 nitrogen and oxygen atoms in total. The summed E-state index contributed by atoms with van der Waals surface area (Å²) in [6.45, 7) is -0.00910. The third-order valence-electron chi connectivity index (χ3n) is 3.14. The first-order chi connectivity index (χ1) is 10.8. The van der Waals surface area contributed by atoms with Crippen LogP contribution in [0.25, 0.3) is 0 Å². The Labute approximate surface area is 141 Å². The van der Waals surface area contributed by atoms with Crippen molar-refractivity contribution in [3.8, 4) is 0 Å². The number of rotatable bonds is 4. The predicted molar refractivity (Wildman–Crippen MR) is 83.5 cm³/mol. The monoisotopic (exact) mass is 361 g/mol. The zero-order chi connectivity index (χ0) is 17.0. The summed E-state index contributed by atoms with van der Waals surface area (Å²) in [6.07, 6.45) is -4.46. The van der Waals surface area contributed by atoms with E-state index in [0.717, 1.165) is 12.1 Å². The number of carbonyl (C=O) groups excluding carboxylic acids is 1. The first-order valence-electron chi connectivity index (χ1n) is 6.63. The molecular weight excluding hydrogens is 350 g/mol. The maximum atomic E-state index is 12.6. The van der Waals surface area contributed by atoms with E-state index in [4.69, 9.17) is 23.2 Å². The number of carbonyl (C=O) groups is 1. The van der Waals surface area contributed by atoms with Gasteiger partial charge in [0, 0.05) is 16.6 Å². The van der Waals surface area contributed by atoms with E-state index in [1.54, 1.807) is 18.2 Å². The molecule has 1 N–H and O–H groups in total. The minimum Gasteiger partial charge on any atom is -0.352 e. The number of benzene rings is 2. The van der Waals surface area contributed by atoms with Gasteiger partial charge in [0.05, 0.1) is 12.0 Å². The lowest BCUT2D eigenvalue weighted by molar-refractivity contribution is -0.137. The molecule has 0 unspecified atom stereocenters. The average molecular weight is 362 g/mol. The van der Waals surface area contributed by atoms with Crippen LogP contribution in [-0.4, -0.2) is 5.91 Å². The van der Waals surface area contributed by atoms with Crippen LogP contribution in [0.2, 0.25) is 10.0 Å². The highest BCUT2D eigenvalue weighted by atomic mass is 35.5. The van der Waals surface area contributed by atoms with E-state index in [2.05, 4.69) is 5.32 Å². The minimum atomic E-state index is -4.41. The lowest BCUT2D eigenvalue weighted by Crippen LogP contribution is -2.25. The molecular formula is C16H12Cl2F3NO. The fraction of sp³-hybridized carbons (Fsp3) is 0.188. The molecule has 0 saturated carbocycles. The molecule has 0 fully saturated rings. The molecule has 0 saturated heterocycles. The van der Waals surface area contributed by atoms with Crippen LogP contribution in [0.15, 0.2) is 42.5 Å². The zero-order valence-corrected chi connectivity index (χ0v) is 13.3. The van der Waals surface area contributed by atoms with E-state index in [1.807, 2.05) is 0 Å². The highest BCUT2D eigenvalue weighted by molar-refractivity contribution is 6.36. The molecule has 2 rings (SSSR count). The molecule has 0 heterocycles. The molecule has 2 aromatic rings. The van der Waals surface area contributed by atoms with Crippen molar-refractivity contribution in [1.82, 2.24) is 5.32 Å². The highest BCUT2D eigenvalue weighted by Gasteiger charge is 2.30. The first kappa shape index (κ1) is 17.6. The van der Waals surface area contributed by atoms with E-state index in [9.17, 15) is 18.0 Å². The van der Waals surface area contributed by atoms with Crippen LogP contribution >= 0.6 is 23.2 Å². The third kappa shape index (κ3) is 4.88. The van der Waals surface area contributed by atoms with E-state index in [-0.39, 0.29) is 18.9 Å². The number of alkyl halides is 3. The maximum absolute atomic E-state index is 12.6. The molecule has 0 radical (unpaired) electrons. The van der Waals surface area contributed by atoms with Gasteiger partial charge < -0.3 is 5.32 Å². The van der Waals surface area contributed by atoms with Gasteiger partial charge in [-0.1, -0.05) is 41.4 Å². The van der Waals surface area contributed by atoms with Gasteiger partial charge >= 0.3 is 6.18 Å². The topological polar surface area (TPSA) is 29.1 Å². The van der Waals surface area contributed by atoms with Crippen LogP contribution in [0.3, 0.4) is 0 Å². The van der Waals surface area contributed by atoms with Gasteiger partial charge in [-0.25, -0.2) is 0 Å². The molecule has 0 aromatic heterocycles. The van der Waals surface area contributed by atoms with Crippen molar-refractivity contribution in [2.45, 2.75) is 19.1 Å². The molecule has 0 aliphatic rings. The number of amides is 1. The standard InChI is InChI=1S/C16H12Cl2F3NO/c17-13-5-2-6-14(18)12(13)8-15(23)22-9-10-3-1-4-11(7-10)16(19,20)21/h1-7H,8-9H2,(H,22,23). The minimum absolute atomic E-state index is 0.00910. The molecule has 0 atom stereocenters. The summed E-state index contributed by atoms with van der Waals surface area (Å²) in [5, 5.41) is 3.29. The molecule has 0 bridgehead atoms. The summed E-state index contributed by atoms with van der Waals surface area (Å²) in [7, 11) is 0. The summed E-state index contributed by atoms with van der Waals surface area (Å²) in [5.41, 5.74) is 0.0919. The second-order valence-corrected chi connectivity index (χ2v) is 5.67. The maximum Gasteiger partial charge on any atom is 0.416 e. The van der Waals surface area contributed by atoms with Crippen molar-refractivity contribution in [2.24, 2.45) is 0 Å². The van der Waals surface area contributed by atoms with Crippen molar-refractivity contribution >= 4 is 29.1 Å². The largest absolute Gasteiger partial charge is 0.416 e. The Morgan fingerprint density at radius 2 is 1.65 bits per heavy atom. The van der Waals surface area contributed by atoms with Crippen molar-refractivity contribution in [1.29, 1.82) is 0 Å². The number of hydrogen-bond donors (Lipinski definition) is 1. The lowest BCUT2D eigenvalue weighted by atomic mass is 10.1. The van der Waals surface area contributed by atoms with Gasteiger partial charge in [-0.3, -0.25) is 4.79 Å². The van der Waals surface area contributed by atoms with Gasteiger partial charge in [-0.15, -0.1) is 0 Å². The normalized spacial score (nSPS) is 11.3. The molecule has 0 aliphatic carbocycles. The Hall–Kier alpha value is -1.72. The second kappa shape index (κ2) is 7.23. The van der Waals surface area contributed by atoms with Crippen molar-refractivity contribution < 1.29 is 18.0 Å². The van der Waals surface area contributed by atoms with Crippen LogP contribution in [0.1, 0.15) is 16.7 Å². The fourth-order valence-corrected chi connectivity index (χ4v) is 2.51. The second-order valence-electron chi connectivity index (χ2n) is 4.85. The summed E-state index contributed by atoms with van der Waals surface area (Å²) in [6, 6.07) is 9.69. The fourth-order valence-electron chi connectivity index (χ4n) is 1.98. The van der Waals surface area contributed by atoms with Crippen molar-refractivity contribution in [3.63, 3.8) is 0 Å². The smallest absolute Gasteiger partial charge is 0.352 e. The number of nitrogens with one attached hydrogen (secondary N) is 1. The van der Waals surface area contributed by atoms with Gasteiger partial charge in [-0.2, -0.15) is 13.2 Å². The van der Waals surface area contributed by atoms with E-state index in [0.29, 0.717) is 21.2 Å². The first-order valence-corrected chi connectivity index (χ1v) is 7.38. The van der Waals surface area contributed by atoms with Gasteiger partial charge in [0.25, 0.3) is 0 Å². The van der Waals surface area contributed by atoms with Gasteiger partial charge in [0.2, 0.25) is 5.91 Å². The van der Waals surface area contributed by atoms with E-state index >= 15 is 0 Å². The van der Waals surface area contributed by atoms with Crippen LogP contribution < -0.4 is 5.32 Å². The molecule has 0 aliphatic heterocycles. The third-order valence-corrected chi connectivity index (χ3v) is 3.85. The molecule has 23 heavy (non-hydrogen) atoms. The number of halogens is 5. The summed E-state index contributed by atoms with van der Waals surface area (Å²) in [5.74, 6) is -0.377. The SMILES string of the molecule is O=C(Cc1c(Cl)cccc1Cl)NCc1cccc(C(F)(F)F)c1. The summed E-state index contributed by atoms with van der Waals surface area (Å²) >= 11 is 11.9. The quantitative estimate of drug-likeness (QED) is 0.826. The van der Waals surface area contributed by atoms with Gasteiger partial charge in [0.15, 0.2) is 0 Å². The van der Waals surface area contributed by atoms with Gasteiger partial charge in [0.1, 0.15) is 0 Å². The molecule has 7 heteroatoms. The Balaban J connectivity index is 2.00. The lowest BCUT2D eigenvalue weighted by Gasteiger charge is -2.10. The summed E-state index contributed by atoms with van der Waals surface area (Å²) in [4.78, 5) is 11.9. The van der Waals surface area contributed by atoms with Crippen LogP contribution in [0.4, 0.5) is 13.2 Å². The van der Waals surface area contributed by atoms with Crippen LogP contribution in [0.5, 0.6) is 0 Å². The Morgan fingerprint density at radius 1 is 1.04 bits per heavy atom. The Bertz CT molecular complexity index is 696. The van der Waals surface area contributed by atoms with Crippen molar-refractivity contribution in [2.75, 3.05) is 0 Å².